The van der Waals surface area contributed by atoms with E-state index in [9.17, 15) is 4.79 Å². The fraction of sp³-hybridized carbons (Fsp3) is 0.429. The van der Waals surface area contributed by atoms with Gasteiger partial charge in [-0.2, -0.15) is 0 Å². The second-order valence-electron chi connectivity index (χ2n) is 5.58. The van der Waals surface area contributed by atoms with Gasteiger partial charge in [-0.05, 0) is 38.0 Å². The van der Waals surface area contributed by atoms with Crippen molar-refractivity contribution in [1.82, 2.24) is 9.97 Å². The molecule has 5 heteroatoms. The lowest BCUT2D eigenvalue weighted by atomic mass is 10.0. The lowest BCUT2D eigenvalue weighted by Gasteiger charge is -2.25. The van der Waals surface area contributed by atoms with Gasteiger partial charge in [0.15, 0.2) is 0 Å². The summed E-state index contributed by atoms with van der Waals surface area (Å²) in [6, 6.07) is 5.19. The van der Waals surface area contributed by atoms with Crippen molar-refractivity contribution in [2.24, 2.45) is 0 Å². The molecule has 0 unspecified atom stereocenters. The second-order valence-corrected chi connectivity index (χ2v) is 5.58. The number of nitrogens with two attached hydrogens (primary N) is 1. The van der Waals surface area contributed by atoms with E-state index in [4.69, 9.17) is 5.73 Å². The summed E-state index contributed by atoms with van der Waals surface area (Å²) < 4.78 is 0. The fourth-order valence-electron chi connectivity index (χ4n) is 2.78. The number of nitrogens with zero attached hydrogens (tertiary/aromatic N) is 1. The van der Waals surface area contributed by atoms with Crippen LogP contribution in [-0.4, -0.2) is 15.5 Å². The molecule has 5 nitrogen and oxygen atoms in total. The number of hydrogen-bond acceptors (Lipinski definition) is 4. The summed E-state index contributed by atoms with van der Waals surface area (Å²) in [6.45, 7) is 2.17. The van der Waals surface area contributed by atoms with Crippen LogP contribution in [0.25, 0.3) is 10.9 Å². The number of nitrogen functional groups attached to an aromatic ring is 1. The maximum atomic E-state index is 12.0. The number of rotatable bonds is 2. The van der Waals surface area contributed by atoms with Crippen molar-refractivity contribution < 1.29 is 0 Å². The predicted octanol–water partition coefficient (Wildman–Crippen LogP) is 2.25. The Kier molecular flexibility index (Phi) is 2.69. The summed E-state index contributed by atoms with van der Waals surface area (Å²) in [5, 5.41) is 3.90. The molecule has 1 aliphatic rings. The maximum Gasteiger partial charge on any atom is 0.260 e. The normalized spacial score (nSPS) is 17.7. The molecule has 19 heavy (non-hydrogen) atoms. The fourth-order valence-corrected chi connectivity index (χ4v) is 2.78. The van der Waals surface area contributed by atoms with Crippen LogP contribution in [-0.2, 0) is 0 Å². The number of anilines is 2. The quantitative estimate of drug-likeness (QED) is 0.721. The minimum Gasteiger partial charge on any atom is -0.399 e. The van der Waals surface area contributed by atoms with Crippen LogP contribution in [0.2, 0.25) is 0 Å². The molecule has 0 atom stereocenters. The van der Waals surface area contributed by atoms with E-state index in [1.807, 2.05) is 0 Å². The highest BCUT2D eigenvalue weighted by Crippen LogP contribution is 2.31. The Labute approximate surface area is 111 Å². The van der Waals surface area contributed by atoms with Gasteiger partial charge in [-0.15, -0.1) is 0 Å². The highest BCUT2D eigenvalue weighted by molar-refractivity contribution is 5.81. The van der Waals surface area contributed by atoms with Gasteiger partial charge >= 0.3 is 0 Å². The molecule has 1 aliphatic carbocycles. The first-order valence-electron chi connectivity index (χ1n) is 6.64. The number of nitrogens with one attached hydrogen (secondary N) is 2. The average Bonchev–Trinajstić information content (AvgIpc) is 2.77. The van der Waals surface area contributed by atoms with E-state index in [2.05, 4.69) is 22.2 Å². The first-order chi connectivity index (χ1) is 9.06. The van der Waals surface area contributed by atoms with E-state index >= 15 is 0 Å². The molecular weight excluding hydrogens is 240 g/mol. The first kappa shape index (κ1) is 12.0. The molecule has 1 heterocycles. The molecule has 1 aromatic heterocycles. The largest absolute Gasteiger partial charge is 0.399 e. The zero-order chi connectivity index (χ0) is 13.5. The Morgan fingerprint density at radius 2 is 2.11 bits per heavy atom. The maximum absolute atomic E-state index is 12.0. The summed E-state index contributed by atoms with van der Waals surface area (Å²) in [6.07, 6.45) is 4.66. The number of aromatic amines is 1. The van der Waals surface area contributed by atoms with E-state index in [1.54, 1.807) is 18.2 Å². The number of hydrogen-bond donors (Lipinski definition) is 3. The van der Waals surface area contributed by atoms with Crippen LogP contribution in [0.1, 0.15) is 32.6 Å². The summed E-state index contributed by atoms with van der Waals surface area (Å²) in [5.74, 6) is 0.548. The smallest absolute Gasteiger partial charge is 0.260 e. The Bertz CT molecular complexity index is 671. The molecule has 3 rings (SSSR count). The molecule has 0 bridgehead atoms. The monoisotopic (exact) mass is 258 g/mol. The van der Waals surface area contributed by atoms with Crippen molar-refractivity contribution >= 4 is 22.5 Å². The van der Waals surface area contributed by atoms with Crippen LogP contribution in [0.3, 0.4) is 0 Å². The highest BCUT2D eigenvalue weighted by atomic mass is 16.1. The van der Waals surface area contributed by atoms with Gasteiger partial charge in [0.1, 0.15) is 0 Å². The molecule has 100 valence electrons. The van der Waals surface area contributed by atoms with Gasteiger partial charge in [-0.25, -0.2) is 4.98 Å². The number of H-pyrrole nitrogens is 1. The Balaban J connectivity index is 2.01. The molecule has 1 saturated carbocycles. The van der Waals surface area contributed by atoms with Crippen molar-refractivity contribution in [3.8, 4) is 0 Å². The van der Waals surface area contributed by atoms with Crippen molar-refractivity contribution in [1.29, 1.82) is 0 Å². The van der Waals surface area contributed by atoms with E-state index in [0.717, 1.165) is 12.8 Å². The highest BCUT2D eigenvalue weighted by Gasteiger charge is 2.29. The van der Waals surface area contributed by atoms with Crippen LogP contribution in [0.5, 0.6) is 0 Å². The average molecular weight is 258 g/mol. The minimum atomic E-state index is -0.151. The molecule has 4 N–H and O–H groups in total. The summed E-state index contributed by atoms with van der Waals surface area (Å²) in [7, 11) is 0. The Morgan fingerprint density at radius 1 is 1.37 bits per heavy atom. The third kappa shape index (κ3) is 2.28. The van der Waals surface area contributed by atoms with Gasteiger partial charge in [-0.3, -0.25) is 9.78 Å². The zero-order valence-electron chi connectivity index (χ0n) is 11.0. The molecule has 0 aliphatic heterocycles. The van der Waals surface area contributed by atoms with E-state index in [1.165, 1.54) is 12.8 Å². The van der Waals surface area contributed by atoms with Crippen LogP contribution >= 0.6 is 0 Å². The van der Waals surface area contributed by atoms with Gasteiger partial charge in [0.05, 0.1) is 10.9 Å². The van der Waals surface area contributed by atoms with Crippen LogP contribution < -0.4 is 16.6 Å². The van der Waals surface area contributed by atoms with Crippen LogP contribution in [0.15, 0.2) is 23.0 Å². The number of aromatic nitrogens is 2. The third-order valence-corrected chi connectivity index (χ3v) is 3.86. The molecule has 0 amide bonds. The second kappa shape index (κ2) is 4.26. The molecule has 0 saturated heterocycles. The number of fused-ring (bicyclic) bond motifs is 1. The third-order valence-electron chi connectivity index (χ3n) is 3.86. The molecular formula is C14H18N4O. The van der Waals surface area contributed by atoms with Gasteiger partial charge in [0.25, 0.3) is 5.56 Å². The number of benzene rings is 1. The summed E-state index contributed by atoms with van der Waals surface area (Å²) in [4.78, 5) is 19.3. The van der Waals surface area contributed by atoms with Crippen LogP contribution in [0, 0.1) is 0 Å². The Hall–Kier alpha value is -2.04. The summed E-state index contributed by atoms with van der Waals surface area (Å²) >= 11 is 0. The van der Waals surface area contributed by atoms with E-state index in [0.29, 0.717) is 22.5 Å². The summed E-state index contributed by atoms with van der Waals surface area (Å²) in [5.41, 5.74) is 6.82. The van der Waals surface area contributed by atoms with E-state index < -0.39 is 0 Å². The SMILES string of the molecule is CC1(Nc2nc3ccc(N)cc3c(=O)[nH]2)CCCC1. The van der Waals surface area contributed by atoms with E-state index in [-0.39, 0.29) is 11.1 Å². The minimum absolute atomic E-state index is 0.0391. The van der Waals surface area contributed by atoms with Crippen LogP contribution in [0.4, 0.5) is 11.6 Å². The lowest BCUT2D eigenvalue weighted by molar-refractivity contribution is 0.528. The Morgan fingerprint density at radius 3 is 2.84 bits per heavy atom. The lowest BCUT2D eigenvalue weighted by Crippen LogP contribution is -2.32. The van der Waals surface area contributed by atoms with Gasteiger partial charge in [0, 0.05) is 11.2 Å². The first-order valence-corrected chi connectivity index (χ1v) is 6.64. The molecule has 1 aromatic carbocycles. The molecule has 0 spiro atoms. The van der Waals surface area contributed by atoms with Gasteiger partial charge in [-0.1, -0.05) is 12.8 Å². The van der Waals surface area contributed by atoms with Gasteiger partial charge < -0.3 is 11.1 Å². The van der Waals surface area contributed by atoms with Crippen molar-refractivity contribution in [2.45, 2.75) is 38.1 Å². The standard InChI is InChI=1S/C14H18N4O/c1-14(6-2-3-7-14)18-13-16-11-5-4-9(15)8-10(11)12(19)17-13/h4-5,8H,2-3,6-7,15H2,1H3,(H2,16,17,18,19). The molecule has 2 aromatic rings. The zero-order valence-corrected chi connectivity index (χ0v) is 11.0. The molecule has 1 fully saturated rings. The predicted molar refractivity (Wildman–Crippen MR) is 77.3 cm³/mol. The molecule has 0 radical (unpaired) electrons. The van der Waals surface area contributed by atoms with Gasteiger partial charge in [0.2, 0.25) is 5.95 Å². The van der Waals surface area contributed by atoms with Crippen molar-refractivity contribution in [2.75, 3.05) is 11.1 Å². The van der Waals surface area contributed by atoms with Crippen molar-refractivity contribution in [3.05, 3.63) is 28.6 Å². The van der Waals surface area contributed by atoms with Crippen molar-refractivity contribution in [3.63, 3.8) is 0 Å². The topological polar surface area (TPSA) is 83.8 Å².